The SMILES string of the molecule is O=C(O)c1ccc(CN(C2CC2)S(=O)(=O)CCc2ccc3c(c2)CCO3)cc1. The first-order chi connectivity index (χ1) is 13.4. The van der Waals surface area contributed by atoms with Gasteiger partial charge >= 0.3 is 5.97 Å². The van der Waals surface area contributed by atoms with Gasteiger partial charge in [0.25, 0.3) is 0 Å². The highest BCUT2D eigenvalue weighted by atomic mass is 32.2. The first kappa shape index (κ1) is 19.0. The molecule has 2 aromatic rings. The quantitative estimate of drug-likeness (QED) is 0.735. The van der Waals surface area contributed by atoms with Crippen molar-refractivity contribution in [3.63, 3.8) is 0 Å². The Hall–Kier alpha value is -2.38. The lowest BCUT2D eigenvalue weighted by Crippen LogP contribution is -2.35. The molecule has 1 aliphatic heterocycles. The second kappa shape index (κ2) is 7.56. The number of sulfonamides is 1. The minimum Gasteiger partial charge on any atom is -0.493 e. The van der Waals surface area contributed by atoms with Gasteiger partial charge in [-0.15, -0.1) is 0 Å². The molecule has 1 aliphatic carbocycles. The maximum atomic E-state index is 13.0. The van der Waals surface area contributed by atoms with Crippen LogP contribution in [0.25, 0.3) is 0 Å². The summed E-state index contributed by atoms with van der Waals surface area (Å²) in [4.78, 5) is 11.0. The van der Waals surface area contributed by atoms with Gasteiger partial charge in [-0.2, -0.15) is 4.31 Å². The molecule has 7 heteroatoms. The van der Waals surface area contributed by atoms with E-state index < -0.39 is 16.0 Å². The Balaban J connectivity index is 1.45. The van der Waals surface area contributed by atoms with Crippen LogP contribution in [-0.2, 0) is 29.4 Å². The number of aryl methyl sites for hydroxylation is 1. The zero-order valence-electron chi connectivity index (χ0n) is 15.5. The molecule has 148 valence electrons. The summed E-state index contributed by atoms with van der Waals surface area (Å²) < 4.78 is 33.1. The smallest absolute Gasteiger partial charge is 0.335 e. The molecule has 1 fully saturated rings. The number of aromatic carboxylic acids is 1. The van der Waals surface area contributed by atoms with Crippen molar-refractivity contribution in [2.24, 2.45) is 0 Å². The molecule has 1 heterocycles. The summed E-state index contributed by atoms with van der Waals surface area (Å²) in [6, 6.07) is 12.4. The maximum Gasteiger partial charge on any atom is 0.335 e. The van der Waals surface area contributed by atoms with Gasteiger partial charge in [0.2, 0.25) is 10.0 Å². The molecule has 2 aromatic carbocycles. The van der Waals surface area contributed by atoms with Crippen LogP contribution in [-0.4, -0.2) is 42.2 Å². The van der Waals surface area contributed by atoms with E-state index in [4.69, 9.17) is 9.84 Å². The van der Waals surface area contributed by atoms with Crippen LogP contribution in [0.4, 0.5) is 0 Å². The Morgan fingerprint density at radius 2 is 1.82 bits per heavy atom. The Kier molecular flexibility index (Phi) is 5.12. The van der Waals surface area contributed by atoms with E-state index in [1.54, 1.807) is 16.4 Å². The molecular formula is C21H23NO5S. The van der Waals surface area contributed by atoms with Gasteiger partial charge in [-0.3, -0.25) is 0 Å². The van der Waals surface area contributed by atoms with Crippen molar-refractivity contribution in [3.05, 3.63) is 64.7 Å². The standard InChI is InChI=1S/C21H23NO5S/c23-21(24)17-4-1-16(2-5-17)14-22(19-6-7-19)28(25,26)12-10-15-3-8-20-18(13-15)9-11-27-20/h1-5,8,13,19H,6-7,9-12,14H2,(H,23,24). The summed E-state index contributed by atoms with van der Waals surface area (Å²) in [6.07, 6.45) is 3.10. The summed E-state index contributed by atoms with van der Waals surface area (Å²) in [6.45, 7) is 0.970. The summed E-state index contributed by atoms with van der Waals surface area (Å²) in [5.41, 5.74) is 3.15. The average molecular weight is 401 g/mol. The van der Waals surface area contributed by atoms with Gasteiger partial charge in [0.1, 0.15) is 5.75 Å². The normalized spacial score (nSPS) is 16.0. The highest BCUT2D eigenvalue weighted by molar-refractivity contribution is 7.89. The number of fused-ring (bicyclic) bond motifs is 1. The monoisotopic (exact) mass is 401 g/mol. The van der Waals surface area contributed by atoms with E-state index in [0.717, 1.165) is 41.7 Å². The molecule has 0 atom stereocenters. The highest BCUT2D eigenvalue weighted by Crippen LogP contribution is 2.32. The van der Waals surface area contributed by atoms with E-state index in [1.165, 1.54) is 12.1 Å². The zero-order valence-corrected chi connectivity index (χ0v) is 16.3. The van der Waals surface area contributed by atoms with E-state index in [0.29, 0.717) is 13.0 Å². The van der Waals surface area contributed by atoms with Crippen LogP contribution in [0.1, 0.15) is 39.9 Å². The minimum absolute atomic E-state index is 0.0533. The van der Waals surface area contributed by atoms with Crippen molar-refractivity contribution in [1.29, 1.82) is 0 Å². The first-order valence-corrected chi connectivity index (χ1v) is 11.1. The molecule has 0 amide bonds. The van der Waals surface area contributed by atoms with Crippen molar-refractivity contribution in [1.82, 2.24) is 4.31 Å². The molecule has 0 radical (unpaired) electrons. The molecule has 0 unspecified atom stereocenters. The van der Waals surface area contributed by atoms with Gasteiger partial charge in [-0.05, 0) is 54.2 Å². The maximum absolute atomic E-state index is 13.0. The third-order valence-corrected chi connectivity index (χ3v) is 7.12. The van der Waals surface area contributed by atoms with E-state index in [2.05, 4.69) is 0 Å². The second-order valence-electron chi connectivity index (χ2n) is 7.39. The minimum atomic E-state index is -3.41. The second-order valence-corrected chi connectivity index (χ2v) is 9.43. The number of rotatable bonds is 8. The van der Waals surface area contributed by atoms with Crippen molar-refractivity contribution < 1.29 is 23.1 Å². The number of carboxylic acids is 1. The lowest BCUT2D eigenvalue weighted by molar-refractivity contribution is 0.0697. The Morgan fingerprint density at radius 1 is 1.11 bits per heavy atom. The van der Waals surface area contributed by atoms with Gasteiger partial charge in [-0.1, -0.05) is 24.3 Å². The van der Waals surface area contributed by atoms with Crippen LogP contribution in [0.3, 0.4) is 0 Å². The molecule has 0 spiro atoms. The van der Waals surface area contributed by atoms with Crippen LogP contribution >= 0.6 is 0 Å². The molecule has 0 aromatic heterocycles. The fourth-order valence-corrected chi connectivity index (χ4v) is 5.25. The Labute approximate surface area is 164 Å². The van der Waals surface area contributed by atoms with Gasteiger partial charge in [0.15, 0.2) is 0 Å². The molecule has 0 bridgehead atoms. The number of nitrogens with zero attached hydrogens (tertiary/aromatic N) is 1. The Morgan fingerprint density at radius 3 is 2.50 bits per heavy atom. The average Bonchev–Trinajstić information content (AvgIpc) is 3.41. The topological polar surface area (TPSA) is 83.9 Å². The number of carboxylic acid groups (broad SMARTS) is 1. The third kappa shape index (κ3) is 4.20. The van der Waals surface area contributed by atoms with Crippen molar-refractivity contribution in [3.8, 4) is 5.75 Å². The fraction of sp³-hybridized carbons (Fsp3) is 0.381. The number of carbonyl (C=O) groups is 1. The number of benzene rings is 2. The summed E-state index contributed by atoms with van der Waals surface area (Å²) in [5.74, 6) is -0.0231. The van der Waals surface area contributed by atoms with E-state index >= 15 is 0 Å². The molecule has 1 saturated carbocycles. The molecule has 4 rings (SSSR count). The first-order valence-electron chi connectivity index (χ1n) is 9.49. The predicted molar refractivity (Wildman–Crippen MR) is 105 cm³/mol. The Bertz CT molecular complexity index is 980. The van der Waals surface area contributed by atoms with Gasteiger partial charge in [-0.25, -0.2) is 13.2 Å². The van der Waals surface area contributed by atoms with E-state index in [9.17, 15) is 13.2 Å². The van der Waals surface area contributed by atoms with E-state index in [-0.39, 0.29) is 23.9 Å². The van der Waals surface area contributed by atoms with Crippen molar-refractivity contribution in [2.75, 3.05) is 12.4 Å². The van der Waals surface area contributed by atoms with E-state index in [1.807, 2.05) is 18.2 Å². The number of hydrogen-bond acceptors (Lipinski definition) is 4. The zero-order chi connectivity index (χ0) is 19.7. The van der Waals surface area contributed by atoms with Crippen LogP contribution in [0.2, 0.25) is 0 Å². The molecule has 2 aliphatic rings. The molecule has 1 N–H and O–H groups in total. The van der Waals surface area contributed by atoms with Crippen LogP contribution in [0.15, 0.2) is 42.5 Å². The molecule has 0 saturated heterocycles. The molecular weight excluding hydrogens is 378 g/mol. The van der Waals surface area contributed by atoms with Gasteiger partial charge in [0, 0.05) is 19.0 Å². The van der Waals surface area contributed by atoms with Crippen LogP contribution < -0.4 is 4.74 Å². The molecule has 28 heavy (non-hydrogen) atoms. The lowest BCUT2D eigenvalue weighted by Gasteiger charge is -2.22. The highest BCUT2D eigenvalue weighted by Gasteiger charge is 2.36. The van der Waals surface area contributed by atoms with Crippen LogP contribution in [0.5, 0.6) is 5.75 Å². The van der Waals surface area contributed by atoms with Crippen LogP contribution in [0, 0.1) is 0 Å². The van der Waals surface area contributed by atoms with Crippen molar-refractivity contribution in [2.45, 2.75) is 38.3 Å². The largest absolute Gasteiger partial charge is 0.493 e. The third-order valence-electron chi connectivity index (χ3n) is 5.25. The summed E-state index contributed by atoms with van der Waals surface area (Å²) in [5, 5.41) is 9.01. The summed E-state index contributed by atoms with van der Waals surface area (Å²) >= 11 is 0. The lowest BCUT2D eigenvalue weighted by atomic mass is 10.1. The van der Waals surface area contributed by atoms with Gasteiger partial charge < -0.3 is 9.84 Å². The van der Waals surface area contributed by atoms with Crippen molar-refractivity contribution >= 4 is 16.0 Å². The number of hydrogen-bond donors (Lipinski definition) is 1. The fourth-order valence-electron chi connectivity index (χ4n) is 3.51. The molecule has 6 nitrogen and oxygen atoms in total. The number of ether oxygens (including phenoxy) is 1. The summed E-state index contributed by atoms with van der Waals surface area (Å²) in [7, 11) is -3.41. The predicted octanol–water partition coefficient (Wildman–Crippen LogP) is 2.86. The van der Waals surface area contributed by atoms with Gasteiger partial charge in [0.05, 0.1) is 17.9 Å².